The van der Waals surface area contributed by atoms with Gasteiger partial charge in [-0.1, -0.05) is 18.2 Å². The largest absolute Gasteiger partial charge is 0.487 e. The summed E-state index contributed by atoms with van der Waals surface area (Å²) < 4.78 is 5.77. The van der Waals surface area contributed by atoms with Crippen LogP contribution in [0.4, 0.5) is 0 Å². The highest BCUT2D eigenvalue weighted by atomic mass is 16.5. The Hall–Kier alpha value is -2.56. The third-order valence-electron chi connectivity index (χ3n) is 4.19. The van der Waals surface area contributed by atoms with E-state index in [9.17, 15) is 0 Å². The van der Waals surface area contributed by atoms with Crippen LogP contribution in [0.15, 0.2) is 53.7 Å². The molecular formula is C20H26N4O. The summed E-state index contributed by atoms with van der Waals surface area (Å²) in [5.41, 5.74) is 2.11. The summed E-state index contributed by atoms with van der Waals surface area (Å²) in [7, 11) is 0. The van der Waals surface area contributed by atoms with Crippen molar-refractivity contribution in [1.82, 2.24) is 15.2 Å². The van der Waals surface area contributed by atoms with Gasteiger partial charge in [0, 0.05) is 25.8 Å². The van der Waals surface area contributed by atoms with Crippen molar-refractivity contribution in [2.45, 2.75) is 32.9 Å². The molecule has 3 rings (SSSR count). The van der Waals surface area contributed by atoms with E-state index in [1.165, 1.54) is 18.4 Å². The molecule has 132 valence electrons. The van der Waals surface area contributed by atoms with Crippen LogP contribution in [0.3, 0.4) is 0 Å². The van der Waals surface area contributed by atoms with Gasteiger partial charge in [0.1, 0.15) is 12.4 Å². The molecule has 0 unspecified atom stereocenters. The van der Waals surface area contributed by atoms with Crippen molar-refractivity contribution in [3.63, 3.8) is 0 Å². The fourth-order valence-electron chi connectivity index (χ4n) is 2.85. The molecule has 1 aliphatic rings. The number of aromatic nitrogens is 1. The predicted molar refractivity (Wildman–Crippen MR) is 101 cm³/mol. The van der Waals surface area contributed by atoms with Crippen molar-refractivity contribution in [1.29, 1.82) is 0 Å². The Balaban J connectivity index is 1.55. The Morgan fingerprint density at radius 1 is 1.16 bits per heavy atom. The topological polar surface area (TPSA) is 49.8 Å². The second-order valence-electron chi connectivity index (χ2n) is 6.12. The maximum Gasteiger partial charge on any atom is 0.194 e. The van der Waals surface area contributed by atoms with E-state index in [1.54, 1.807) is 6.20 Å². The minimum absolute atomic E-state index is 0.484. The summed E-state index contributed by atoms with van der Waals surface area (Å²) in [5, 5.41) is 3.39. The molecule has 1 aliphatic heterocycles. The molecule has 1 saturated heterocycles. The summed E-state index contributed by atoms with van der Waals surface area (Å²) in [6, 6.07) is 14.0. The molecule has 1 N–H and O–H groups in total. The zero-order valence-corrected chi connectivity index (χ0v) is 14.8. The van der Waals surface area contributed by atoms with Crippen LogP contribution in [0, 0.1) is 0 Å². The second kappa shape index (κ2) is 9.06. The van der Waals surface area contributed by atoms with Gasteiger partial charge in [-0.25, -0.2) is 4.99 Å². The van der Waals surface area contributed by atoms with Crippen molar-refractivity contribution in [3.8, 4) is 5.75 Å². The molecule has 0 amide bonds. The maximum absolute atomic E-state index is 5.77. The van der Waals surface area contributed by atoms with E-state index in [0.717, 1.165) is 37.0 Å². The van der Waals surface area contributed by atoms with Crippen molar-refractivity contribution in [2.75, 3.05) is 19.6 Å². The molecule has 5 nitrogen and oxygen atoms in total. The van der Waals surface area contributed by atoms with Crippen LogP contribution >= 0.6 is 0 Å². The maximum atomic E-state index is 5.77. The van der Waals surface area contributed by atoms with Crippen LogP contribution in [0.5, 0.6) is 5.75 Å². The van der Waals surface area contributed by atoms with Gasteiger partial charge in [0.25, 0.3) is 0 Å². The molecule has 0 spiro atoms. The Kier molecular flexibility index (Phi) is 6.26. The third kappa shape index (κ3) is 5.21. The standard InChI is InChI=1S/C20H26N4O/c1-2-21-20(24-13-5-6-14-24)23-15-17-8-10-19(11-9-17)25-16-18-7-3-4-12-22-18/h3-4,7-12H,2,5-6,13-16H2,1H3,(H,21,23). The van der Waals surface area contributed by atoms with Crippen LogP contribution in [-0.2, 0) is 13.2 Å². The summed E-state index contributed by atoms with van der Waals surface area (Å²) in [4.78, 5) is 11.4. The highest BCUT2D eigenvalue weighted by Gasteiger charge is 2.15. The first-order chi connectivity index (χ1) is 12.3. The molecule has 1 aromatic carbocycles. The number of hydrogen-bond donors (Lipinski definition) is 1. The molecule has 2 aromatic rings. The van der Waals surface area contributed by atoms with Crippen LogP contribution in [0.2, 0.25) is 0 Å². The smallest absolute Gasteiger partial charge is 0.194 e. The lowest BCUT2D eigenvalue weighted by atomic mass is 10.2. The monoisotopic (exact) mass is 338 g/mol. The average Bonchev–Trinajstić information content (AvgIpc) is 3.20. The predicted octanol–water partition coefficient (Wildman–Crippen LogP) is 3.22. The van der Waals surface area contributed by atoms with Gasteiger partial charge in [0.2, 0.25) is 0 Å². The lowest BCUT2D eigenvalue weighted by Crippen LogP contribution is -2.39. The molecule has 1 fully saturated rings. The Bertz CT molecular complexity index is 664. The van der Waals surface area contributed by atoms with E-state index in [0.29, 0.717) is 13.2 Å². The SMILES string of the molecule is CCNC(=NCc1ccc(OCc2ccccn2)cc1)N1CCCC1. The third-order valence-corrected chi connectivity index (χ3v) is 4.19. The zero-order valence-electron chi connectivity index (χ0n) is 14.8. The Morgan fingerprint density at radius 3 is 2.64 bits per heavy atom. The molecule has 0 bridgehead atoms. The summed E-state index contributed by atoms with van der Waals surface area (Å²) in [6.45, 7) is 6.38. The van der Waals surface area contributed by atoms with Gasteiger partial charge in [-0.3, -0.25) is 4.98 Å². The average molecular weight is 338 g/mol. The van der Waals surface area contributed by atoms with Crippen LogP contribution < -0.4 is 10.1 Å². The number of pyridine rings is 1. The number of rotatable bonds is 6. The molecule has 25 heavy (non-hydrogen) atoms. The molecule has 2 heterocycles. The zero-order chi connectivity index (χ0) is 17.3. The van der Waals surface area contributed by atoms with Gasteiger partial charge in [0.15, 0.2) is 5.96 Å². The lowest BCUT2D eigenvalue weighted by molar-refractivity contribution is 0.301. The van der Waals surface area contributed by atoms with Crippen molar-refractivity contribution in [2.24, 2.45) is 4.99 Å². The van der Waals surface area contributed by atoms with Gasteiger partial charge >= 0.3 is 0 Å². The molecule has 0 radical (unpaired) electrons. The van der Waals surface area contributed by atoms with Crippen molar-refractivity contribution < 1.29 is 4.74 Å². The minimum atomic E-state index is 0.484. The Labute approximate surface area is 149 Å². The fourth-order valence-corrected chi connectivity index (χ4v) is 2.85. The highest BCUT2D eigenvalue weighted by Crippen LogP contribution is 2.15. The number of ether oxygens (including phenoxy) is 1. The van der Waals surface area contributed by atoms with Gasteiger partial charge in [-0.15, -0.1) is 0 Å². The van der Waals surface area contributed by atoms with Crippen molar-refractivity contribution in [3.05, 3.63) is 59.9 Å². The minimum Gasteiger partial charge on any atom is -0.487 e. The van der Waals surface area contributed by atoms with E-state index >= 15 is 0 Å². The summed E-state index contributed by atoms with van der Waals surface area (Å²) in [6.07, 6.45) is 4.29. The number of guanidine groups is 1. The molecule has 0 saturated carbocycles. The van der Waals surface area contributed by atoms with E-state index in [1.807, 2.05) is 30.3 Å². The molecule has 1 aromatic heterocycles. The van der Waals surface area contributed by atoms with Crippen LogP contribution in [-0.4, -0.2) is 35.5 Å². The number of aliphatic imine (C=N–C) groups is 1. The van der Waals surface area contributed by atoms with Crippen LogP contribution in [0.1, 0.15) is 31.0 Å². The number of benzene rings is 1. The highest BCUT2D eigenvalue weighted by molar-refractivity contribution is 5.80. The number of nitrogens with one attached hydrogen (secondary N) is 1. The Morgan fingerprint density at radius 2 is 1.96 bits per heavy atom. The second-order valence-corrected chi connectivity index (χ2v) is 6.12. The van der Waals surface area contributed by atoms with Crippen LogP contribution in [0.25, 0.3) is 0 Å². The molecule has 5 heteroatoms. The normalized spacial score (nSPS) is 14.6. The number of likely N-dealkylation sites (tertiary alicyclic amines) is 1. The summed E-state index contributed by atoms with van der Waals surface area (Å²) >= 11 is 0. The van der Waals surface area contributed by atoms with E-state index in [2.05, 4.69) is 34.3 Å². The van der Waals surface area contributed by atoms with Crippen molar-refractivity contribution >= 4 is 5.96 Å². The van der Waals surface area contributed by atoms with E-state index in [-0.39, 0.29) is 0 Å². The molecule has 0 aliphatic carbocycles. The fraction of sp³-hybridized carbons (Fsp3) is 0.400. The first kappa shape index (κ1) is 17.3. The first-order valence-electron chi connectivity index (χ1n) is 9.00. The van der Waals surface area contributed by atoms with Gasteiger partial charge in [0.05, 0.1) is 12.2 Å². The van der Waals surface area contributed by atoms with Gasteiger partial charge < -0.3 is 15.0 Å². The lowest BCUT2D eigenvalue weighted by Gasteiger charge is -2.20. The first-order valence-corrected chi connectivity index (χ1v) is 9.00. The van der Waals surface area contributed by atoms with Gasteiger partial charge in [-0.2, -0.15) is 0 Å². The number of nitrogens with zero attached hydrogens (tertiary/aromatic N) is 3. The quantitative estimate of drug-likeness (QED) is 0.649. The molecule has 0 atom stereocenters. The van der Waals surface area contributed by atoms with E-state index < -0.39 is 0 Å². The van der Waals surface area contributed by atoms with E-state index in [4.69, 9.17) is 9.73 Å². The summed E-state index contributed by atoms with van der Waals surface area (Å²) in [5.74, 6) is 1.88. The number of hydrogen-bond acceptors (Lipinski definition) is 3. The molecular weight excluding hydrogens is 312 g/mol. The van der Waals surface area contributed by atoms with Gasteiger partial charge in [-0.05, 0) is 49.6 Å².